The van der Waals surface area contributed by atoms with Gasteiger partial charge in [0.2, 0.25) is 0 Å². The van der Waals surface area contributed by atoms with E-state index in [1.165, 1.54) is 11.3 Å². The standard InChI is InChI=1S/C21H38N4O2/c1-5-7-15-26-17-18-27-16-14-24-21(22-6-2)23-13-12-19-8-10-20(11-9-19)25(3)4/h8-11H,5-7,12-18H2,1-4H3,(H2,22,23,24). The summed E-state index contributed by atoms with van der Waals surface area (Å²) in [6.07, 6.45) is 3.24. The maximum atomic E-state index is 5.56. The summed E-state index contributed by atoms with van der Waals surface area (Å²) >= 11 is 0. The Kier molecular flexibility index (Phi) is 13.2. The van der Waals surface area contributed by atoms with E-state index >= 15 is 0 Å². The molecule has 2 N–H and O–H groups in total. The summed E-state index contributed by atoms with van der Waals surface area (Å²) in [6, 6.07) is 8.66. The van der Waals surface area contributed by atoms with Gasteiger partial charge in [0.1, 0.15) is 0 Å². The quantitative estimate of drug-likeness (QED) is 0.296. The minimum atomic E-state index is 0.611. The largest absolute Gasteiger partial charge is 0.379 e. The second kappa shape index (κ2) is 15.3. The molecule has 0 atom stereocenters. The van der Waals surface area contributed by atoms with Gasteiger partial charge in [-0.25, -0.2) is 0 Å². The van der Waals surface area contributed by atoms with E-state index in [-0.39, 0.29) is 0 Å². The van der Waals surface area contributed by atoms with Gasteiger partial charge < -0.3 is 25.0 Å². The minimum absolute atomic E-state index is 0.611. The van der Waals surface area contributed by atoms with Crippen LogP contribution >= 0.6 is 0 Å². The number of hydrogen-bond donors (Lipinski definition) is 2. The van der Waals surface area contributed by atoms with Crippen molar-refractivity contribution in [1.82, 2.24) is 10.6 Å². The molecule has 0 unspecified atom stereocenters. The number of hydrogen-bond acceptors (Lipinski definition) is 4. The lowest BCUT2D eigenvalue weighted by Gasteiger charge is -2.14. The fraction of sp³-hybridized carbons (Fsp3) is 0.667. The second-order valence-electron chi connectivity index (χ2n) is 6.58. The summed E-state index contributed by atoms with van der Waals surface area (Å²) in [5.74, 6) is 0.838. The molecule has 0 heterocycles. The summed E-state index contributed by atoms with van der Waals surface area (Å²) < 4.78 is 11.0. The van der Waals surface area contributed by atoms with Crippen molar-refractivity contribution in [3.8, 4) is 0 Å². The number of ether oxygens (including phenoxy) is 2. The third-order valence-electron chi connectivity index (χ3n) is 4.02. The van der Waals surface area contributed by atoms with Gasteiger partial charge in [0.05, 0.1) is 26.4 Å². The average Bonchev–Trinajstić information content (AvgIpc) is 2.67. The molecule has 0 saturated carbocycles. The van der Waals surface area contributed by atoms with E-state index in [9.17, 15) is 0 Å². The first-order valence-electron chi connectivity index (χ1n) is 10.1. The molecule has 27 heavy (non-hydrogen) atoms. The Balaban J connectivity index is 2.21. The number of guanidine groups is 1. The third kappa shape index (κ3) is 11.5. The number of nitrogens with zero attached hydrogens (tertiary/aromatic N) is 2. The Labute approximate surface area is 165 Å². The van der Waals surface area contributed by atoms with Gasteiger partial charge in [-0.05, 0) is 37.5 Å². The van der Waals surface area contributed by atoms with E-state index < -0.39 is 0 Å². The highest BCUT2D eigenvalue weighted by molar-refractivity contribution is 5.79. The van der Waals surface area contributed by atoms with Crippen LogP contribution in [0.2, 0.25) is 0 Å². The van der Waals surface area contributed by atoms with Gasteiger partial charge in [0.15, 0.2) is 5.96 Å². The van der Waals surface area contributed by atoms with Crippen LogP contribution < -0.4 is 15.5 Å². The second-order valence-corrected chi connectivity index (χ2v) is 6.58. The smallest absolute Gasteiger partial charge is 0.191 e. The molecule has 0 radical (unpaired) electrons. The Morgan fingerprint density at radius 2 is 1.67 bits per heavy atom. The molecule has 0 aliphatic carbocycles. The van der Waals surface area contributed by atoms with Crippen molar-refractivity contribution in [1.29, 1.82) is 0 Å². The monoisotopic (exact) mass is 378 g/mol. The Morgan fingerprint density at radius 3 is 2.30 bits per heavy atom. The highest BCUT2D eigenvalue weighted by atomic mass is 16.5. The lowest BCUT2D eigenvalue weighted by molar-refractivity contribution is 0.0497. The van der Waals surface area contributed by atoms with E-state index in [4.69, 9.17) is 9.47 Å². The topological polar surface area (TPSA) is 58.1 Å². The molecular formula is C21H38N4O2. The van der Waals surface area contributed by atoms with E-state index in [1.54, 1.807) is 0 Å². The van der Waals surface area contributed by atoms with Gasteiger partial charge in [-0.2, -0.15) is 0 Å². The first-order valence-corrected chi connectivity index (χ1v) is 10.1. The van der Waals surface area contributed by atoms with E-state index in [1.807, 2.05) is 0 Å². The Bertz CT molecular complexity index is 503. The van der Waals surface area contributed by atoms with Crippen LogP contribution in [-0.2, 0) is 15.9 Å². The molecule has 6 heteroatoms. The maximum Gasteiger partial charge on any atom is 0.191 e. The summed E-state index contributed by atoms with van der Waals surface area (Å²) in [5, 5.41) is 6.65. The highest BCUT2D eigenvalue weighted by Crippen LogP contribution is 2.12. The fourth-order valence-corrected chi connectivity index (χ4v) is 2.42. The van der Waals surface area contributed by atoms with Crippen molar-refractivity contribution in [3.05, 3.63) is 29.8 Å². The van der Waals surface area contributed by atoms with Gasteiger partial charge in [0, 0.05) is 39.5 Å². The van der Waals surface area contributed by atoms with E-state index in [0.29, 0.717) is 26.4 Å². The first kappa shape index (κ1) is 23.2. The van der Waals surface area contributed by atoms with Crippen LogP contribution in [0.4, 0.5) is 5.69 Å². The maximum absolute atomic E-state index is 5.56. The van der Waals surface area contributed by atoms with Gasteiger partial charge in [0.25, 0.3) is 0 Å². The lowest BCUT2D eigenvalue weighted by atomic mass is 10.1. The number of anilines is 1. The highest BCUT2D eigenvalue weighted by Gasteiger charge is 1.99. The zero-order chi connectivity index (χ0) is 19.7. The number of benzene rings is 1. The molecule has 0 aliphatic heterocycles. The number of unbranched alkanes of at least 4 members (excludes halogenated alkanes) is 1. The van der Waals surface area contributed by atoms with Crippen molar-refractivity contribution in [3.63, 3.8) is 0 Å². The fourth-order valence-electron chi connectivity index (χ4n) is 2.42. The normalized spacial score (nSPS) is 11.5. The molecule has 0 aliphatic rings. The van der Waals surface area contributed by atoms with Crippen molar-refractivity contribution in [2.45, 2.75) is 33.1 Å². The molecular weight excluding hydrogens is 340 g/mol. The molecule has 6 nitrogen and oxygen atoms in total. The molecule has 1 aromatic rings. The van der Waals surface area contributed by atoms with Gasteiger partial charge in [-0.1, -0.05) is 25.5 Å². The zero-order valence-corrected chi connectivity index (χ0v) is 17.6. The summed E-state index contributed by atoms with van der Waals surface area (Å²) in [4.78, 5) is 6.66. The SMILES string of the molecule is CCCCOCCOCCN=C(NCC)NCCc1ccc(N(C)C)cc1. The predicted octanol–water partition coefficient (Wildman–Crippen LogP) is 2.68. The third-order valence-corrected chi connectivity index (χ3v) is 4.02. The molecule has 154 valence electrons. The lowest BCUT2D eigenvalue weighted by Crippen LogP contribution is -2.38. The molecule has 0 saturated heterocycles. The molecule has 0 bridgehead atoms. The molecule has 0 spiro atoms. The van der Waals surface area contributed by atoms with Crippen LogP contribution in [0.3, 0.4) is 0 Å². The van der Waals surface area contributed by atoms with Crippen LogP contribution in [0.1, 0.15) is 32.3 Å². The molecule has 0 amide bonds. The first-order chi connectivity index (χ1) is 13.2. The van der Waals surface area contributed by atoms with Crippen molar-refractivity contribution >= 4 is 11.6 Å². The molecule has 1 aromatic carbocycles. The Hall–Kier alpha value is -1.79. The van der Waals surface area contributed by atoms with Gasteiger partial charge in [-0.3, -0.25) is 4.99 Å². The molecule has 1 rings (SSSR count). The van der Waals surface area contributed by atoms with Gasteiger partial charge in [-0.15, -0.1) is 0 Å². The number of aliphatic imine (C=N–C) groups is 1. The predicted molar refractivity (Wildman–Crippen MR) is 115 cm³/mol. The number of rotatable bonds is 14. The van der Waals surface area contributed by atoms with Crippen molar-refractivity contribution < 1.29 is 9.47 Å². The number of nitrogens with one attached hydrogen (secondary N) is 2. The van der Waals surface area contributed by atoms with Crippen LogP contribution in [0, 0.1) is 0 Å². The van der Waals surface area contributed by atoms with Gasteiger partial charge >= 0.3 is 0 Å². The van der Waals surface area contributed by atoms with Crippen molar-refractivity contribution in [2.75, 3.05) is 65.1 Å². The van der Waals surface area contributed by atoms with Crippen LogP contribution in [0.15, 0.2) is 29.3 Å². The van der Waals surface area contributed by atoms with Crippen LogP contribution in [0.25, 0.3) is 0 Å². The minimum Gasteiger partial charge on any atom is -0.379 e. The van der Waals surface area contributed by atoms with Crippen molar-refractivity contribution in [2.24, 2.45) is 4.99 Å². The summed E-state index contributed by atoms with van der Waals surface area (Å²) in [6.45, 7) is 9.29. The van der Waals surface area contributed by atoms with Crippen LogP contribution in [-0.4, -0.2) is 66.1 Å². The summed E-state index contributed by atoms with van der Waals surface area (Å²) in [5.41, 5.74) is 2.53. The molecule has 0 aromatic heterocycles. The Morgan fingerprint density at radius 1 is 0.963 bits per heavy atom. The average molecular weight is 379 g/mol. The summed E-state index contributed by atoms with van der Waals surface area (Å²) in [7, 11) is 4.11. The van der Waals surface area contributed by atoms with E-state index in [2.05, 4.69) is 72.7 Å². The van der Waals surface area contributed by atoms with E-state index in [0.717, 1.165) is 44.9 Å². The zero-order valence-electron chi connectivity index (χ0n) is 17.6. The molecule has 0 fully saturated rings. The van der Waals surface area contributed by atoms with Crippen LogP contribution in [0.5, 0.6) is 0 Å².